The van der Waals surface area contributed by atoms with Gasteiger partial charge < -0.3 is 0 Å². The van der Waals surface area contributed by atoms with Gasteiger partial charge in [0.2, 0.25) is 0 Å². The van der Waals surface area contributed by atoms with Crippen LogP contribution in [-0.4, -0.2) is 0 Å². The molecule has 0 aliphatic rings. The van der Waals surface area contributed by atoms with Crippen LogP contribution >= 0.6 is 9.24 Å². The van der Waals surface area contributed by atoms with Gasteiger partial charge in [0.05, 0.1) is 0 Å². The Morgan fingerprint density at radius 1 is 0.944 bits per heavy atom. The molecule has 0 saturated carbocycles. The van der Waals surface area contributed by atoms with Gasteiger partial charge in [-0.2, -0.15) is 0 Å². The van der Waals surface area contributed by atoms with Crippen LogP contribution in [0.15, 0.2) is 67.3 Å². The molecule has 0 aromatic heterocycles. The second-order valence-electron chi connectivity index (χ2n) is 4.15. The van der Waals surface area contributed by atoms with Crippen LogP contribution in [0, 0.1) is 0 Å². The lowest BCUT2D eigenvalue weighted by atomic mass is 10.0. The van der Waals surface area contributed by atoms with Gasteiger partial charge in [-0.15, -0.1) is 9.24 Å². The van der Waals surface area contributed by atoms with Crippen molar-refractivity contribution in [3.63, 3.8) is 0 Å². The summed E-state index contributed by atoms with van der Waals surface area (Å²) in [6.45, 7) is 5.86. The van der Waals surface area contributed by atoms with Crippen molar-refractivity contribution in [3.05, 3.63) is 72.8 Å². The second-order valence-corrected chi connectivity index (χ2v) is 4.81. The zero-order valence-corrected chi connectivity index (χ0v) is 11.7. The molecule has 0 saturated heterocycles. The van der Waals surface area contributed by atoms with Crippen molar-refractivity contribution in [1.29, 1.82) is 0 Å². The zero-order chi connectivity index (χ0) is 13.0. The maximum absolute atomic E-state index is 3.83. The van der Waals surface area contributed by atoms with E-state index in [4.69, 9.17) is 0 Å². The fourth-order valence-corrected chi connectivity index (χ4v) is 2.13. The summed E-state index contributed by atoms with van der Waals surface area (Å²) in [5.74, 6) is 0. The van der Waals surface area contributed by atoms with Crippen molar-refractivity contribution in [2.24, 2.45) is 0 Å². The molecule has 2 rings (SSSR count). The molecule has 1 atom stereocenters. The number of allylic oxidation sites excluding steroid dienone is 3. The van der Waals surface area contributed by atoms with Crippen LogP contribution in [0.2, 0.25) is 0 Å². The zero-order valence-electron chi connectivity index (χ0n) is 10.6. The van der Waals surface area contributed by atoms with E-state index in [1.54, 1.807) is 0 Å². The predicted molar refractivity (Wildman–Crippen MR) is 85.1 cm³/mol. The monoisotopic (exact) mass is 252 g/mol. The number of hydrogen-bond acceptors (Lipinski definition) is 0. The molecule has 0 nitrogen and oxygen atoms in total. The molecule has 0 fully saturated rings. The Hall–Kier alpha value is -1.65. The van der Waals surface area contributed by atoms with Crippen LogP contribution in [0.5, 0.6) is 0 Å². The van der Waals surface area contributed by atoms with E-state index in [1.165, 1.54) is 27.6 Å². The SMILES string of the molecule is C=C/C(=C\C)c1ccc(-c2ccc(P)cc2)cc1. The third-order valence-electron chi connectivity index (χ3n) is 2.99. The Labute approximate surface area is 111 Å². The summed E-state index contributed by atoms with van der Waals surface area (Å²) in [5.41, 5.74) is 4.86. The minimum Gasteiger partial charge on any atom is -0.106 e. The Balaban J connectivity index is 2.33. The highest BCUT2D eigenvalue weighted by atomic mass is 31.0. The van der Waals surface area contributed by atoms with Crippen molar-refractivity contribution in [2.75, 3.05) is 0 Å². The summed E-state index contributed by atoms with van der Waals surface area (Å²) in [6, 6.07) is 17.1. The fraction of sp³-hybridized carbons (Fsp3) is 0.0588. The third kappa shape index (κ3) is 2.78. The summed E-state index contributed by atoms with van der Waals surface area (Å²) in [5, 5.41) is 1.21. The van der Waals surface area contributed by atoms with Gasteiger partial charge in [0.25, 0.3) is 0 Å². The highest BCUT2D eigenvalue weighted by Crippen LogP contribution is 2.22. The highest BCUT2D eigenvalue weighted by Gasteiger charge is 1.99. The van der Waals surface area contributed by atoms with E-state index >= 15 is 0 Å². The number of hydrogen-bond donors (Lipinski definition) is 0. The smallest absolute Gasteiger partial charge is 0.0184 e. The van der Waals surface area contributed by atoms with Crippen molar-refractivity contribution in [2.45, 2.75) is 6.92 Å². The predicted octanol–water partition coefficient (Wildman–Crippen LogP) is 4.44. The van der Waals surface area contributed by atoms with Gasteiger partial charge in [-0.25, -0.2) is 0 Å². The molecule has 0 bridgehead atoms. The van der Waals surface area contributed by atoms with Crippen LogP contribution in [0.25, 0.3) is 16.7 Å². The molecule has 0 radical (unpaired) electrons. The Morgan fingerprint density at radius 3 is 1.89 bits per heavy atom. The minimum absolute atomic E-state index is 1.17. The molecular weight excluding hydrogens is 235 g/mol. The van der Waals surface area contributed by atoms with Crippen LogP contribution in [-0.2, 0) is 0 Å². The average molecular weight is 252 g/mol. The molecule has 1 heteroatoms. The first kappa shape index (κ1) is 12.8. The van der Waals surface area contributed by atoms with Crippen molar-refractivity contribution in [3.8, 4) is 11.1 Å². The second kappa shape index (κ2) is 5.80. The molecule has 90 valence electrons. The lowest BCUT2D eigenvalue weighted by Gasteiger charge is -2.05. The van der Waals surface area contributed by atoms with E-state index in [1.807, 2.05) is 13.0 Å². The number of rotatable bonds is 3. The fourth-order valence-electron chi connectivity index (χ4n) is 1.93. The highest BCUT2D eigenvalue weighted by molar-refractivity contribution is 7.27. The van der Waals surface area contributed by atoms with Gasteiger partial charge in [0.1, 0.15) is 0 Å². The minimum atomic E-state index is 1.17. The Bertz CT molecular complexity index is 560. The average Bonchev–Trinajstić information content (AvgIpc) is 2.42. The summed E-state index contributed by atoms with van der Waals surface area (Å²) in [4.78, 5) is 0. The van der Waals surface area contributed by atoms with Crippen LogP contribution in [0.1, 0.15) is 12.5 Å². The molecule has 0 heterocycles. The van der Waals surface area contributed by atoms with Crippen LogP contribution < -0.4 is 5.30 Å². The van der Waals surface area contributed by atoms with Crippen molar-refractivity contribution in [1.82, 2.24) is 0 Å². The maximum Gasteiger partial charge on any atom is -0.0184 e. The lowest BCUT2D eigenvalue weighted by Crippen LogP contribution is -1.88. The maximum atomic E-state index is 3.83. The van der Waals surface area contributed by atoms with E-state index in [9.17, 15) is 0 Å². The normalized spacial score (nSPS) is 11.3. The van der Waals surface area contributed by atoms with Crippen LogP contribution in [0.3, 0.4) is 0 Å². The standard InChI is InChI=1S/C17H17P/c1-3-13(4-2)14-5-7-15(8-6-14)16-9-11-17(18)12-10-16/h3-12H,1,18H2,2H3/b13-4+. The molecule has 18 heavy (non-hydrogen) atoms. The molecule has 0 spiro atoms. The van der Waals surface area contributed by atoms with Crippen LogP contribution in [0.4, 0.5) is 0 Å². The van der Waals surface area contributed by atoms with Gasteiger partial charge in [0, 0.05) is 0 Å². The van der Waals surface area contributed by atoms with E-state index < -0.39 is 0 Å². The van der Waals surface area contributed by atoms with E-state index in [0.717, 1.165) is 0 Å². The first-order valence-corrected chi connectivity index (χ1v) is 6.57. The molecule has 0 amide bonds. The summed E-state index contributed by atoms with van der Waals surface area (Å²) in [6.07, 6.45) is 3.96. The largest absolute Gasteiger partial charge is 0.106 e. The first-order valence-electron chi connectivity index (χ1n) is 5.99. The van der Waals surface area contributed by atoms with Gasteiger partial charge in [-0.1, -0.05) is 67.3 Å². The van der Waals surface area contributed by atoms with Crippen molar-refractivity contribution >= 4 is 20.1 Å². The third-order valence-corrected chi connectivity index (χ3v) is 3.38. The lowest BCUT2D eigenvalue weighted by molar-refractivity contribution is 1.58. The first-order chi connectivity index (χ1) is 8.74. The van der Waals surface area contributed by atoms with Gasteiger partial charge in [-0.3, -0.25) is 0 Å². The van der Waals surface area contributed by atoms with E-state index in [-0.39, 0.29) is 0 Å². The molecule has 0 N–H and O–H groups in total. The molecule has 2 aromatic rings. The van der Waals surface area contributed by atoms with E-state index in [0.29, 0.717) is 0 Å². The molecule has 1 unspecified atom stereocenters. The molecule has 0 aliphatic heterocycles. The van der Waals surface area contributed by atoms with Gasteiger partial charge >= 0.3 is 0 Å². The molecule has 0 aliphatic carbocycles. The topological polar surface area (TPSA) is 0 Å². The Kier molecular flexibility index (Phi) is 4.12. The van der Waals surface area contributed by atoms with Gasteiger partial charge in [0.15, 0.2) is 0 Å². The summed E-state index contributed by atoms with van der Waals surface area (Å²) in [7, 11) is 2.70. The van der Waals surface area contributed by atoms with Gasteiger partial charge in [-0.05, 0) is 34.5 Å². The quantitative estimate of drug-likeness (QED) is 0.559. The van der Waals surface area contributed by atoms with Crippen molar-refractivity contribution < 1.29 is 0 Å². The molecule has 2 aromatic carbocycles. The summed E-state index contributed by atoms with van der Waals surface area (Å²) < 4.78 is 0. The molecular formula is C17H17P. The number of benzene rings is 2. The summed E-state index contributed by atoms with van der Waals surface area (Å²) >= 11 is 0. The Morgan fingerprint density at radius 2 is 1.44 bits per heavy atom. The van der Waals surface area contributed by atoms with E-state index in [2.05, 4.69) is 70.4 Å².